The molecule has 0 amide bonds. The van der Waals surface area contributed by atoms with E-state index >= 15 is 0 Å². The SMILES string of the molecule is Cc1ccccc1OC(=O)c1c2ccccc2[n+](CC(=O)OCc2ccccc2)c2ccccc12. The molecule has 0 spiro atoms. The molecule has 5 aromatic rings. The molecule has 5 rings (SSSR count). The number of aromatic nitrogens is 1. The molecule has 0 fully saturated rings. The van der Waals surface area contributed by atoms with Crippen molar-refractivity contribution in [3.63, 3.8) is 0 Å². The third-order valence-corrected chi connectivity index (χ3v) is 5.96. The van der Waals surface area contributed by atoms with E-state index in [0.717, 1.165) is 22.2 Å². The zero-order valence-corrected chi connectivity index (χ0v) is 19.3. The van der Waals surface area contributed by atoms with Crippen molar-refractivity contribution < 1.29 is 23.6 Å². The lowest BCUT2D eigenvalue weighted by Crippen LogP contribution is -2.41. The van der Waals surface area contributed by atoms with Crippen LogP contribution in [0.25, 0.3) is 21.8 Å². The Morgan fingerprint density at radius 1 is 0.714 bits per heavy atom. The lowest BCUT2D eigenvalue weighted by Gasteiger charge is -2.12. The fourth-order valence-corrected chi connectivity index (χ4v) is 4.24. The zero-order valence-electron chi connectivity index (χ0n) is 19.3. The summed E-state index contributed by atoms with van der Waals surface area (Å²) in [5.41, 5.74) is 3.77. The molecule has 0 radical (unpaired) electrons. The monoisotopic (exact) mass is 462 g/mol. The number of esters is 2. The van der Waals surface area contributed by atoms with Gasteiger partial charge in [-0.1, -0.05) is 72.8 Å². The van der Waals surface area contributed by atoms with Crippen LogP contribution in [0.15, 0.2) is 103 Å². The highest BCUT2D eigenvalue weighted by molar-refractivity contribution is 6.13. The van der Waals surface area contributed by atoms with Crippen LogP contribution in [0.5, 0.6) is 5.75 Å². The highest BCUT2D eigenvalue weighted by Crippen LogP contribution is 2.27. The van der Waals surface area contributed by atoms with Crippen LogP contribution in [-0.2, 0) is 22.7 Å². The van der Waals surface area contributed by atoms with Crippen molar-refractivity contribution in [3.8, 4) is 5.75 Å². The van der Waals surface area contributed by atoms with E-state index in [2.05, 4.69) is 0 Å². The molecule has 172 valence electrons. The number of para-hydroxylation sites is 3. The first kappa shape index (κ1) is 22.3. The van der Waals surface area contributed by atoms with Gasteiger partial charge >= 0.3 is 11.9 Å². The quantitative estimate of drug-likeness (QED) is 0.144. The van der Waals surface area contributed by atoms with Crippen molar-refractivity contribution in [2.24, 2.45) is 0 Å². The van der Waals surface area contributed by atoms with Gasteiger partial charge < -0.3 is 9.47 Å². The first-order chi connectivity index (χ1) is 17.1. The van der Waals surface area contributed by atoms with E-state index in [1.807, 2.05) is 109 Å². The van der Waals surface area contributed by atoms with Gasteiger partial charge in [0, 0.05) is 12.1 Å². The number of aryl methyl sites for hydroxylation is 1. The van der Waals surface area contributed by atoms with Crippen LogP contribution >= 0.6 is 0 Å². The number of pyridine rings is 1. The number of ether oxygens (including phenoxy) is 2. The fourth-order valence-electron chi connectivity index (χ4n) is 4.24. The van der Waals surface area contributed by atoms with Gasteiger partial charge in [0.15, 0.2) is 0 Å². The van der Waals surface area contributed by atoms with Crippen molar-refractivity contribution in [2.75, 3.05) is 0 Å². The van der Waals surface area contributed by atoms with Crippen LogP contribution < -0.4 is 9.30 Å². The van der Waals surface area contributed by atoms with E-state index in [-0.39, 0.29) is 19.1 Å². The molecule has 5 nitrogen and oxygen atoms in total. The second-order valence-corrected chi connectivity index (χ2v) is 8.30. The second kappa shape index (κ2) is 9.77. The Balaban J connectivity index is 1.55. The van der Waals surface area contributed by atoms with Gasteiger partial charge in [-0.25, -0.2) is 9.59 Å². The molecule has 0 aliphatic heterocycles. The molecular formula is C30H24NO4+. The Morgan fingerprint density at radius 3 is 1.94 bits per heavy atom. The summed E-state index contributed by atoms with van der Waals surface area (Å²) in [6.45, 7) is 2.12. The van der Waals surface area contributed by atoms with E-state index in [1.54, 1.807) is 6.07 Å². The van der Waals surface area contributed by atoms with Crippen molar-refractivity contribution >= 4 is 33.7 Å². The van der Waals surface area contributed by atoms with Crippen LogP contribution in [0.4, 0.5) is 0 Å². The van der Waals surface area contributed by atoms with E-state index < -0.39 is 5.97 Å². The topological polar surface area (TPSA) is 56.5 Å². The fraction of sp³-hybridized carbons (Fsp3) is 0.100. The molecule has 0 unspecified atom stereocenters. The Hall–Kier alpha value is -4.51. The van der Waals surface area contributed by atoms with E-state index in [0.29, 0.717) is 22.1 Å². The Labute approximate surface area is 203 Å². The minimum Gasteiger partial charge on any atom is -0.456 e. The lowest BCUT2D eigenvalue weighted by atomic mass is 10.0. The molecule has 0 saturated heterocycles. The first-order valence-electron chi connectivity index (χ1n) is 11.4. The van der Waals surface area contributed by atoms with Gasteiger partial charge in [-0.2, -0.15) is 4.57 Å². The van der Waals surface area contributed by atoms with Gasteiger partial charge in [0.1, 0.15) is 12.4 Å². The van der Waals surface area contributed by atoms with Gasteiger partial charge in [0.25, 0.3) is 0 Å². The molecular weight excluding hydrogens is 438 g/mol. The highest BCUT2D eigenvalue weighted by Gasteiger charge is 2.27. The van der Waals surface area contributed by atoms with Gasteiger partial charge in [0.05, 0.1) is 16.3 Å². The smallest absolute Gasteiger partial charge is 0.373 e. The van der Waals surface area contributed by atoms with Gasteiger partial charge in [0.2, 0.25) is 17.6 Å². The maximum atomic E-state index is 13.5. The minimum absolute atomic E-state index is 0.0149. The summed E-state index contributed by atoms with van der Waals surface area (Å²) in [6, 6.07) is 32.1. The molecule has 4 aromatic carbocycles. The Kier molecular flexibility index (Phi) is 6.22. The first-order valence-corrected chi connectivity index (χ1v) is 11.4. The number of fused-ring (bicyclic) bond motifs is 2. The number of hydrogen-bond donors (Lipinski definition) is 0. The molecule has 35 heavy (non-hydrogen) atoms. The molecule has 0 aliphatic carbocycles. The largest absolute Gasteiger partial charge is 0.456 e. The number of carbonyl (C=O) groups is 2. The van der Waals surface area contributed by atoms with Crippen LogP contribution in [0, 0.1) is 6.92 Å². The van der Waals surface area contributed by atoms with E-state index in [4.69, 9.17) is 9.47 Å². The summed E-state index contributed by atoms with van der Waals surface area (Å²) in [7, 11) is 0. The standard InChI is InChI=1S/C30H24NO4/c1-21-11-5-10-18-27(21)35-30(33)29-23-14-6-8-16-25(23)31(26-17-9-7-15-24(26)29)19-28(32)34-20-22-12-3-2-4-13-22/h2-18H,19-20H2,1H3/q+1. The molecule has 0 atom stereocenters. The molecule has 0 aliphatic rings. The van der Waals surface area contributed by atoms with Crippen LogP contribution in [-0.4, -0.2) is 11.9 Å². The van der Waals surface area contributed by atoms with Crippen molar-refractivity contribution in [3.05, 3.63) is 120 Å². The average Bonchev–Trinajstić information content (AvgIpc) is 2.89. The van der Waals surface area contributed by atoms with Crippen molar-refractivity contribution in [2.45, 2.75) is 20.1 Å². The van der Waals surface area contributed by atoms with Crippen molar-refractivity contribution in [1.82, 2.24) is 0 Å². The van der Waals surface area contributed by atoms with Crippen molar-refractivity contribution in [1.29, 1.82) is 0 Å². The van der Waals surface area contributed by atoms with Gasteiger partial charge in [-0.05, 0) is 36.2 Å². The number of benzene rings is 4. The summed E-state index contributed by atoms with van der Waals surface area (Å²) in [5, 5.41) is 1.42. The summed E-state index contributed by atoms with van der Waals surface area (Å²) in [5.74, 6) is -0.276. The summed E-state index contributed by atoms with van der Waals surface area (Å²) in [6.07, 6.45) is 0. The molecule has 0 bridgehead atoms. The average molecular weight is 463 g/mol. The third-order valence-electron chi connectivity index (χ3n) is 5.96. The molecule has 1 heterocycles. The van der Waals surface area contributed by atoms with Crippen LogP contribution in [0.2, 0.25) is 0 Å². The minimum atomic E-state index is -0.439. The number of hydrogen-bond acceptors (Lipinski definition) is 4. The normalized spacial score (nSPS) is 10.9. The highest BCUT2D eigenvalue weighted by atomic mass is 16.5. The molecule has 1 aromatic heterocycles. The van der Waals surface area contributed by atoms with Crippen LogP contribution in [0.1, 0.15) is 21.5 Å². The summed E-state index contributed by atoms with van der Waals surface area (Å²) < 4.78 is 13.3. The summed E-state index contributed by atoms with van der Waals surface area (Å²) in [4.78, 5) is 26.3. The Bertz CT molecular complexity index is 1490. The maximum Gasteiger partial charge on any atom is 0.373 e. The Morgan fingerprint density at radius 2 is 1.29 bits per heavy atom. The predicted molar refractivity (Wildman–Crippen MR) is 134 cm³/mol. The molecule has 0 saturated carbocycles. The predicted octanol–water partition coefficient (Wildman–Crippen LogP) is 5.55. The zero-order chi connectivity index (χ0) is 24.2. The van der Waals surface area contributed by atoms with Gasteiger partial charge in [-0.3, -0.25) is 0 Å². The third kappa shape index (κ3) is 4.62. The van der Waals surface area contributed by atoms with E-state index in [1.165, 1.54) is 0 Å². The van der Waals surface area contributed by atoms with Crippen LogP contribution in [0.3, 0.4) is 0 Å². The molecule has 5 heteroatoms. The van der Waals surface area contributed by atoms with E-state index in [9.17, 15) is 9.59 Å². The second-order valence-electron chi connectivity index (χ2n) is 8.30. The lowest BCUT2D eigenvalue weighted by molar-refractivity contribution is -0.633. The number of nitrogens with zero attached hydrogens (tertiary/aromatic N) is 1. The van der Waals surface area contributed by atoms with Gasteiger partial charge in [-0.15, -0.1) is 0 Å². The number of rotatable bonds is 6. The summed E-state index contributed by atoms with van der Waals surface area (Å²) >= 11 is 0. The molecule has 0 N–H and O–H groups in total. The number of carbonyl (C=O) groups excluding carboxylic acids is 2. The maximum absolute atomic E-state index is 13.5.